The second-order valence-corrected chi connectivity index (χ2v) is 4.44. The molecule has 0 heterocycles. The van der Waals surface area contributed by atoms with E-state index in [0.29, 0.717) is 19.8 Å². The van der Waals surface area contributed by atoms with Crippen molar-refractivity contribution >= 4 is 0 Å². The molecule has 0 aliphatic heterocycles. The van der Waals surface area contributed by atoms with Crippen LogP contribution in [0.4, 0.5) is 0 Å². The highest BCUT2D eigenvalue weighted by Crippen LogP contribution is 2.10. The van der Waals surface area contributed by atoms with Gasteiger partial charge in [-0.2, -0.15) is 0 Å². The van der Waals surface area contributed by atoms with Crippen LogP contribution in [0.3, 0.4) is 0 Å². The van der Waals surface area contributed by atoms with Crippen LogP contribution >= 0.6 is 0 Å². The van der Waals surface area contributed by atoms with Gasteiger partial charge in [0.05, 0.1) is 24.9 Å². The van der Waals surface area contributed by atoms with Crippen LogP contribution in [0.5, 0.6) is 0 Å². The summed E-state index contributed by atoms with van der Waals surface area (Å²) in [5.41, 5.74) is 6.58. The molecule has 2 atom stereocenters. The van der Waals surface area contributed by atoms with E-state index in [4.69, 9.17) is 15.2 Å². The molecule has 96 valence electrons. The molecule has 16 heavy (non-hydrogen) atoms. The van der Waals surface area contributed by atoms with Gasteiger partial charge in [-0.15, -0.1) is 0 Å². The molecule has 3 N–H and O–H groups in total. The minimum Gasteiger partial charge on any atom is -0.380 e. The maximum Gasteiger partial charge on any atom is 0.0734 e. The van der Waals surface area contributed by atoms with E-state index in [1.54, 1.807) is 7.11 Å². The van der Waals surface area contributed by atoms with Crippen LogP contribution in [0.15, 0.2) is 12.2 Å². The maximum atomic E-state index is 5.75. The fraction of sp³-hybridized carbons (Fsp3) is 0.833. The monoisotopic (exact) mass is 230 g/mol. The van der Waals surface area contributed by atoms with Crippen molar-refractivity contribution in [2.45, 2.75) is 32.4 Å². The number of rotatable bonds is 9. The molecule has 4 nitrogen and oxygen atoms in total. The van der Waals surface area contributed by atoms with E-state index < -0.39 is 0 Å². The number of nitrogens with one attached hydrogen (secondary N) is 1. The molecule has 0 amide bonds. The molecule has 0 saturated carbocycles. The van der Waals surface area contributed by atoms with Gasteiger partial charge in [0.1, 0.15) is 0 Å². The zero-order chi connectivity index (χ0) is 12.6. The Labute approximate surface area is 99.2 Å². The zero-order valence-electron chi connectivity index (χ0n) is 11.0. The Morgan fingerprint density at radius 2 is 2.19 bits per heavy atom. The van der Waals surface area contributed by atoms with Crippen LogP contribution < -0.4 is 11.1 Å². The second-order valence-electron chi connectivity index (χ2n) is 4.44. The zero-order valence-corrected chi connectivity index (χ0v) is 11.0. The molecule has 0 spiro atoms. The number of hydrogen-bond acceptors (Lipinski definition) is 4. The van der Waals surface area contributed by atoms with Crippen molar-refractivity contribution in [1.29, 1.82) is 0 Å². The third-order valence-electron chi connectivity index (χ3n) is 2.80. The lowest BCUT2D eigenvalue weighted by Crippen LogP contribution is -2.57. The Balaban J connectivity index is 3.82. The Morgan fingerprint density at radius 3 is 2.62 bits per heavy atom. The van der Waals surface area contributed by atoms with Crippen molar-refractivity contribution in [2.24, 2.45) is 5.73 Å². The largest absolute Gasteiger partial charge is 0.380 e. The molecular weight excluding hydrogens is 204 g/mol. The van der Waals surface area contributed by atoms with Crippen LogP contribution in [0, 0.1) is 0 Å². The van der Waals surface area contributed by atoms with Crippen LogP contribution in [0.1, 0.15) is 20.8 Å². The molecule has 0 aromatic heterocycles. The first-order chi connectivity index (χ1) is 7.46. The van der Waals surface area contributed by atoms with E-state index in [1.165, 1.54) is 0 Å². The van der Waals surface area contributed by atoms with Crippen molar-refractivity contribution in [2.75, 3.05) is 33.4 Å². The summed E-state index contributed by atoms with van der Waals surface area (Å²) < 4.78 is 10.7. The highest BCUT2D eigenvalue weighted by atomic mass is 16.5. The fourth-order valence-corrected chi connectivity index (χ4v) is 1.30. The van der Waals surface area contributed by atoms with Crippen molar-refractivity contribution in [3.8, 4) is 0 Å². The number of methoxy groups -OCH3 is 1. The first kappa shape index (κ1) is 15.6. The summed E-state index contributed by atoms with van der Waals surface area (Å²) in [6.07, 6.45) is 0.0682. The minimum absolute atomic E-state index is 0.0682. The molecule has 0 radical (unpaired) electrons. The van der Waals surface area contributed by atoms with Crippen molar-refractivity contribution in [3.05, 3.63) is 12.2 Å². The normalized spacial score (nSPS) is 16.8. The third kappa shape index (κ3) is 5.61. The average molecular weight is 230 g/mol. The highest BCUT2D eigenvalue weighted by Gasteiger charge is 2.28. The van der Waals surface area contributed by atoms with Gasteiger partial charge in [0.25, 0.3) is 0 Å². The lowest BCUT2D eigenvalue weighted by molar-refractivity contribution is 0.0372. The Hall–Kier alpha value is -0.420. The molecule has 0 saturated heterocycles. The number of nitrogens with two attached hydrogens (primary N) is 1. The summed E-state index contributed by atoms with van der Waals surface area (Å²) in [5.74, 6) is 0. The van der Waals surface area contributed by atoms with Gasteiger partial charge in [-0.05, 0) is 20.8 Å². The van der Waals surface area contributed by atoms with Crippen molar-refractivity contribution in [3.63, 3.8) is 0 Å². The molecular formula is C12H26N2O2. The van der Waals surface area contributed by atoms with E-state index in [9.17, 15) is 0 Å². The minimum atomic E-state index is -0.207. The first-order valence-corrected chi connectivity index (χ1v) is 5.66. The van der Waals surface area contributed by atoms with E-state index >= 15 is 0 Å². The standard InChI is InChI=1S/C12H26N2O2/c1-10(2)8-16-7-6-14-12(4,9-13)11(3)15-5/h11,14H,1,6-9,13H2,2-5H3. The second kappa shape index (κ2) is 7.79. The highest BCUT2D eigenvalue weighted by molar-refractivity contribution is 4.90. The molecule has 0 rings (SSSR count). The molecule has 0 aliphatic rings. The van der Waals surface area contributed by atoms with Crippen LogP contribution in [-0.2, 0) is 9.47 Å². The average Bonchev–Trinajstić information content (AvgIpc) is 2.26. The predicted octanol–water partition coefficient (Wildman–Crippen LogP) is 0.921. The molecule has 0 aromatic rings. The molecule has 0 aromatic carbocycles. The van der Waals surface area contributed by atoms with Crippen molar-refractivity contribution < 1.29 is 9.47 Å². The van der Waals surface area contributed by atoms with Crippen LogP contribution in [0.2, 0.25) is 0 Å². The molecule has 2 unspecified atom stereocenters. The lowest BCUT2D eigenvalue weighted by atomic mass is 9.96. The molecule has 0 fully saturated rings. The summed E-state index contributed by atoms with van der Waals surface area (Å²) in [7, 11) is 1.69. The van der Waals surface area contributed by atoms with Gasteiger partial charge in [0.15, 0.2) is 0 Å². The number of hydrogen-bond donors (Lipinski definition) is 2. The van der Waals surface area contributed by atoms with Gasteiger partial charge in [-0.1, -0.05) is 12.2 Å². The maximum absolute atomic E-state index is 5.75. The van der Waals surface area contributed by atoms with Crippen molar-refractivity contribution in [1.82, 2.24) is 5.32 Å². The van der Waals surface area contributed by atoms with Gasteiger partial charge in [-0.3, -0.25) is 0 Å². The van der Waals surface area contributed by atoms with Gasteiger partial charge in [0, 0.05) is 20.2 Å². The Kier molecular flexibility index (Phi) is 7.58. The Bertz CT molecular complexity index is 209. The summed E-state index contributed by atoms with van der Waals surface area (Å²) in [5, 5.41) is 3.37. The SMILES string of the molecule is C=C(C)COCCNC(C)(CN)C(C)OC. The summed E-state index contributed by atoms with van der Waals surface area (Å²) in [6.45, 7) is 12.3. The molecule has 0 bridgehead atoms. The molecule has 4 heteroatoms. The lowest BCUT2D eigenvalue weighted by Gasteiger charge is -2.34. The van der Waals surface area contributed by atoms with Gasteiger partial charge < -0.3 is 20.5 Å². The van der Waals surface area contributed by atoms with E-state index in [1.807, 2.05) is 13.8 Å². The first-order valence-electron chi connectivity index (χ1n) is 5.66. The van der Waals surface area contributed by atoms with Gasteiger partial charge in [-0.25, -0.2) is 0 Å². The van der Waals surface area contributed by atoms with Gasteiger partial charge >= 0.3 is 0 Å². The van der Waals surface area contributed by atoms with Crippen LogP contribution in [0.25, 0.3) is 0 Å². The topological polar surface area (TPSA) is 56.5 Å². The quantitative estimate of drug-likeness (QED) is 0.457. The van der Waals surface area contributed by atoms with E-state index in [2.05, 4.69) is 18.8 Å². The Morgan fingerprint density at radius 1 is 1.56 bits per heavy atom. The van der Waals surface area contributed by atoms with Gasteiger partial charge in [0.2, 0.25) is 0 Å². The van der Waals surface area contributed by atoms with E-state index in [0.717, 1.165) is 12.1 Å². The van der Waals surface area contributed by atoms with Crippen LogP contribution in [-0.4, -0.2) is 45.1 Å². The number of ether oxygens (including phenoxy) is 2. The smallest absolute Gasteiger partial charge is 0.0734 e. The predicted molar refractivity (Wildman–Crippen MR) is 67.6 cm³/mol. The summed E-state index contributed by atoms with van der Waals surface area (Å²) in [4.78, 5) is 0. The fourth-order valence-electron chi connectivity index (χ4n) is 1.30. The van der Waals surface area contributed by atoms with E-state index in [-0.39, 0.29) is 11.6 Å². The molecule has 0 aliphatic carbocycles. The summed E-state index contributed by atoms with van der Waals surface area (Å²) >= 11 is 0. The third-order valence-corrected chi connectivity index (χ3v) is 2.80. The summed E-state index contributed by atoms with van der Waals surface area (Å²) in [6, 6.07) is 0.